The number of nitrogens with zero attached hydrogens (tertiary/aromatic N) is 3. The number of halogens is 1. The minimum atomic E-state index is -0.376. The number of H-pyrrole nitrogens is 1. The number of hydrogen-bond acceptors (Lipinski definition) is 3. The summed E-state index contributed by atoms with van der Waals surface area (Å²) in [7, 11) is 0. The number of aromatic amines is 1. The fraction of sp³-hybridized carbons (Fsp3) is 0.438. The molecule has 1 N–H and O–H groups in total. The number of imidazole rings is 1. The Kier molecular flexibility index (Phi) is 4.81. The first-order valence-corrected chi connectivity index (χ1v) is 8.18. The maximum absolute atomic E-state index is 12.8. The van der Waals surface area contributed by atoms with Crippen molar-refractivity contribution in [2.75, 3.05) is 6.54 Å². The van der Waals surface area contributed by atoms with E-state index in [2.05, 4.69) is 9.97 Å². The SMILES string of the molecule is O=C(c1c[nH]c(=O)c(Cl)c1)N1CCCC[C@@H]1CCn1ccnc1. The lowest BCUT2D eigenvalue weighted by atomic mass is 9.98. The Labute approximate surface area is 139 Å². The third-order valence-corrected chi connectivity index (χ3v) is 4.55. The Bertz CT molecular complexity index is 726. The van der Waals surface area contributed by atoms with Gasteiger partial charge < -0.3 is 14.5 Å². The molecule has 1 fully saturated rings. The minimum Gasteiger partial charge on any atom is -0.337 e. The zero-order valence-electron chi connectivity index (χ0n) is 12.7. The van der Waals surface area contributed by atoms with Crippen LogP contribution in [0, 0.1) is 0 Å². The van der Waals surface area contributed by atoms with Crippen LogP contribution >= 0.6 is 11.6 Å². The summed E-state index contributed by atoms with van der Waals surface area (Å²) in [5.41, 5.74) is 0.0580. The van der Waals surface area contributed by atoms with Gasteiger partial charge in [-0.3, -0.25) is 9.59 Å². The number of pyridine rings is 1. The molecule has 6 nitrogen and oxygen atoms in total. The van der Waals surface area contributed by atoms with Crippen molar-refractivity contribution in [3.8, 4) is 0 Å². The lowest BCUT2D eigenvalue weighted by Gasteiger charge is -2.36. The number of piperidine rings is 1. The van der Waals surface area contributed by atoms with Crippen LogP contribution in [0.4, 0.5) is 0 Å². The average Bonchev–Trinajstić information content (AvgIpc) is 3.08. The molecule has 2 aromatic rings. The van der Waals surface area contributed by atoms with Crippen LogP contribution in [-0.4, -0.2) is 37.9 Å². The smallest absolute Gasteiger partial charge is 0.266 e. The molecule has 1 aliphatic heterocycles. The second-order valence-corrected chi connectivity index (χ2v) is 6.21. The van der Waals surface area contributed by atoms with Gasteiger partial charge in [0, 0.05) is 37.7 Å². The molecule has 122 valence electrons. The second-order valence-electron chi connectivity index (χ2n) is 5.80. The summed E-state index contributed by atoms with van der Waals surface area (Å²) in [6.07, 6.45) is 10.9. The predicted molar refractivity (Wildman–Crippen MR) is 87.6 cm³/mol. The first-order valence-electron chi connectivity index (χ1n) is 7.80. The van der Waals surface area contributed by atoms with E-state index < -0.39 is 0 Å². The standard InChI is InChI=1S/C16H19ClN4O2/c17-14-9-12(10-19-15(14)22)16(23)21-6-2-1-3-13(21)4-7-20-8-5-18-11-20/h5,8-11,13H,1-4,6-7H2,(H,19,22)/t13-/m1/s1. The van der Waals surface area contributed by atoms with Crippen molar-refractivity contribution in [3.05, 3.63) is 51.9 Å². The molecule has 0 spiro atoms. The Morgan fingerprint density at radius 1 is 1.43 bits per heavy atom. The van der Waals surface area contributed by atoms with Gasteiger partial charge in [0.05, 0.1) is 11.9 Å². The Morgan fingerprint density at radius 3 is 3.04 bits per heavy atom. The summed E-state index contributed by atoms with van der Waals surface area (Å²) in [6, 6.07) is 1.65. The zero-order chi connectivity index (χ0) is 16.2. The van der Waals surface area contributed by atoms with E-state index in [-0.39, 0.29) is 22.5 Å². The minimum absolute atomic E-state index is 0.0443. The monoisotopic (exact) mass is 334 g/mol. The zero-order valence-corrected chi connectivity index (χ0v) is 13.5. The molecule has 3 rings (SSSR count). The summed E-state index contributed by atoms with van der Waals surface area (Å²) in [5.74, 6) is -0.0709. The van der Waals surface area contributed by atoms with Crippen molar-refractivity contribution < 1.29 is 4.79 Å². The molecule has 1 atom stereocenters. The van der Waals surface area contributed by atoms with Crippen molar-refractivity contribution in [3.63, 3.8) is 0 Å². The molecule has 0 unspecified atom stereocenters. The third-order valence-electron chi connectivity index (χ3n) is 4.27. The molecule has 0 radical (unpaired) electrons. The number of carbonyl (C=O) groups excluding carboxylic acids is 1. The number of amides is 1. The summed E-state index contributed by atoms with van der Waals surface area (Å²) in [5, 5.41) is 0.0443. The van der Waals surface area contributed by atoms with E-state index in [1.54, 1.807) is 12.5 Å². The van der Waals surface area contributed by atoms with Crippen LogP contribution in [-0.2, 0) is 6.54 Å². The molecule has 0 saturated carbocycles. The van der Waals surface area contributed by atoms with E-state index in [4.69, 9.17) is 11.6 Å². The molecule has 1 aliphatic rings. The Hall–Kier alpha value is -2.08. The van der Waals surface area contributed by atoms with Gasteiger partial charge in [0.2, 0.25) is 0 Å². The van der Waals surface area contributed by atoms with Gasteiger partial charge in [0.1, 0.15) is 5.02 Å². The van der Waals surface area contributed by atoms with Gasteiger partial charge in [0.25, 0.3) is 11.5 Å². The molecular weight excluding hydrogens is 316 g/mol. The average molecular weight is 335 g/mol. The largest absolute Gasteiger partial charge is 0.337 e. The van der Waals surface area contributed by atoms with Crippen molar-refractivity contribution in [1.29, 1.82) is 0 Å². The maximum Gasteiger partial charge on any atom is 0.266 e. The van der Waals surface area contributed by atoms with Gasteiger partial charge in [-0.15, -0.1) is 0 Å². The molecule has 2 aromatic heterocycles. The van der Waals surface area contributed by atoms with Crippen molar-refractivity contribution in [1.82, 2.24) is 19.4 Å². The fourth-order valence-electron chi connectivity index (χ4n) is 3.03. The highest BCUT2D eigenvalue weighted by molar-refractivity contribution is 6.30. The highest BCUT2D eigenvalue weighted by atomic mass is 35.5. The number of likely N-dealkylation sites (tertiary alicyclic amines) is 1. The second kappa shape index (κ2) is 7.00. The van der Waals surface area contributed by atoms with E-state index >= 15 is 0 Å². The third kappa shape index (κ3) is 3.64. The predicted octanol–water partition coefficient (Wildman–Crippen LogP) is 2.31. The molecule has 7 heteroatoms. The summed E-state index contributed by atoms with van der Waals surface area (Å²) in [4.78, 5) is 32.6. The van der Waals surface area contributed by atoms with Gasteiger partial charge >= 0.3 is 0 Å². The first kappa shape index (κ1) is 15.8. The van der Waals surface area contributed by atoms with E-state index in [1.165, 1.54) is 12.3 Å². The highest BCUT2D eigenvalue weighted by Crippen LogP contribution is 2.22. The van der Waals surface area contributed by atoms with Gasteiger partial charge in [-0.2, -0.15) is 0 Å². The molecule has 3 heterocycles. The van der Waals surface area contributed by atoms with Gasteiger partial charge in [0.15, 0.2) is 0 Å². The molecule has 0 bridgehead atoms. The summed E-state index contributed by atoms with van der Waals surface area (Å²) >= 11 is 5.84. The van der Waals surface area contributed by atoms with E-state index in [0.717, 1.165) is 38.8 Å². The fourth-order valence-corrected chi connectivity index (χ4v) is 3.20. The molecule has 1 amide bonds. The van der Waals surface area contributed by atoms with Crippen molar-refractivity contribution in [2.24, 2.45) is 0 Å². The van der Waals surface area contributed by atoms with Crippen LogP contribution in [0.3, 0.4) is 0 Å². The highest BCUT2D eigenvalue weighted by Gasteiger charge is 2.27. The van der Waals surface area contributed by atoms with Crippen LogP contribution in [0.25, 0.3) is 0 Å². The van der Waals surface area contributed by atoms with Crippen LogP contribution in [0.1, 0.15) is 36.0 Å². The van der Waals surface area contributed by atoms with Crippen LogP contribution in [0.15, 0.2) is 35.8 Å². The lowest BCUT2D eigenvalue weighted by molar-refractivity contribution is 0.0595. The van der Waals surface area contributed by atoms with E-state index in [0.29, 0.717) is 5.56 Å². The topological polar surface area (TPSA) is 71.0 Å². The number of aryl methyl sites for hydroxylation is 1. The van der Waals surface area contributed by atoms with Gasteiger partial charge in [-0.05, 0) is 31.7 Å². The summed E-state index contributed by atoms with van der Waals surface area (Å²) in [6.45, 7) is 1.57. The molecule has 0 aliphatic carbocycles. The van der Waals surface area contributed by atoms with Gasteiger partial charge in [-0.1, -0.05) is 11.6 Å². The number of rotatable bonds is 4. The van der Waals surface area contributed by atoms with E-state index in [9.17, 15) is 9.59 Å². The van der Waals surface area contributed by atoms with Crippen LogP contribution in [0.2, 0.25) is 5.02 Å². The number of aromatic nitrogens is 3. The first-order chi connectivity index (χ1) is 11.1. The molecular formula is C16H19ClN4O2. The van der Waals surface area contributed by atoms with Crippen LogP contribution < -0.4 is 5.56 Å². The molecule has 23 heavy (non-hydrogen) atoms. The van der Waals surface area contributed by atoms with E-state index in [1.807, 2.05) is 15.7 Å². The normalized spacial score (nSPS) is 18.1. The Balaban J connectivity index is 1.73. The number of hydrogen-bond donors (Lipinski definition) is 1. The molecule has 1 saturated heterocycles. The van der Waals surface area contributed by atoms with Gasteiger partial charge in [-0.25, -0.2) is 4.98 Å². The lowest BCUT2D eigenvalue weighted by Crippen LogP contribution is -2.44. The van der Waals surface area contributed by atoms with Crippen molar-refractivity contribution in [2.45, 2.75) is 38.3 Å². The number of carbonyl (C=O) groups is 1. The molecule has 0 aromatic carbocycles. The van der Waals surface area contributed by atoms with Crippen LogP contribution in [0.5, 0.6) is 0 Å². The maximum atomic E-state index is 12.8. The Morgan fingerprint density at radius 2 is 2.30 bits per heavy atom. The van der Waals surface area contributed by atoms with Crippen molar-refractivity contribution >= 4 is 17.5 Å². The quantitative estimate of drug-likeness (QED) is 0.932. The summed E-state index contributed by atoms with van der Waals surface area (Å²) < 4.78 is 2.02. The number of nitrogens with one attached hydrogen (secondary N) is 1.